The zero-order valence-corrected chi connectivity index (χ0v) is 11.7. The minimum Gasteiger partial charge on any atom is -0.372 e. The van der Waals surface area contributed by atoms with Gasteiger partial charge in [-0.3, -0.25) is 9.59 Å². The maximum absolute atomic E-state index is 11.4. The van der Waals surface area contributed by atoms with Crippen molar-refractivity contribution in [3.05, 3.63) is 35.4 Å². The van der Waals surface area contributed by atoms with Crippen LogP contribution in [0.1, 0.15) is 18.1 Å². The lowest BCUT2D eigenvalue weighted by Crippen LogP contribution is -2.35. The quantitative estimate of drug-likeness (QED) is 0.766. The predicted octanol–water partition coefficient (Wildman–Crippen LogP) is 0.437. The predicted molar refractivity (Wildman–Crippen MR) is 75.7 cm³/mol. The van der Waals surface area contributed by atoms with Crippen molar-refractivity contribution in [3.8, 4) is 11.8 Å². The summed E-state index contributed by atoms with van der Waals surface area (Å²) in [5.41, 5.74) is 1.87. The monoisotopic (exact) mass is 274 g/mol. The first-order chi connectivity index (χ1) is 9.61. The Morgan fingerprint density at radius 3 is 2.50 bits per heavy atom. The van der Waals surface area contributed by atoms with E-state index in [0.717, 1.165) is 11.1 Å². The maximum Gasteiger partial charge on any atom is 0.239 e. The SMILES string of the molecule is COCC#Cc1ccc(CNC(=O)CNC(C)=O)cc1. The highest BCUT2D eigenvalue weighted by Crippen LogP contribution is 2.02. The molecule has 0 spiro atoms. The zero-order chi connectivity index (χ0) is 14.8. The van der Waals surface area contributed by atoms with E-state index in [0.29, 0.717) is 13.2 Å². The van der Waals surface area contributed by atoms with Gasteiger partial charge in [-0.1, -0.05) is 24.0 Å². The molecule has 1 rings (SSSR count). The number of hydrogen-bond donors (Lipinski definition) is 2. The van der Waals surface area contributed by atoms with Crippen LogP contribution in [0.2, 0.25) is 0 Å². The lowest BCUT2D eigenvalue weighted by atomic mass is 10.1. The lowest BCUT2D eigenvalue weighted by Gasteiger charge is -2.05. The third-order valence-corrected chi connectivity index (χ3v) is 2.39. The van der Waals surface area contributed by atoms with Crippen molar-refractivity contribution < 1.29 is 14.3 Å². The third-order valence-electron chi connectivity index (χ3n) is 2.39. The molecule has 0 heterocycles. The molecule has 2 N–H and O–H groups in total. The molecule has 5 nitrogen and oxygen atoms in total. The van der Waals surface area contributed by atoms with E-state index in [4.69, 9.17) is 4.74 Å². The molecule has 0 radical (unpaired) electrons. The number of methoxy groups -OCH3 is 1. The molecule has 106 valence electrons. The van der Waals surface area contributed by atoms with Crippen molar-refractivity contribution in [2.45, 2.75) is 13.5 Å². The summed E-state index contributed by atoms with van der Waals surface area (Å²) in [5, 5.41) is 5.15. The van der Waals surface area contributed by atoms with Gasteiger partial charge in [0.2, 0.25) is 11.8 Å². The highest BCUT2D eigenvalue weighted by Gasteiger charge is 2.01. The van der Waals surface area contributed by atoms with Crippen LogP contribution in [0.3, 0.4) is 0 Å². The van der Waals surface area contributed by atoms with Gasteiger partial charge in [-0.25, -0.2) is 0 Å². The van der Waals surface area contributed by atoms with Gasteiger partial charge in [0.25, 0.3) is 0 Å². The van der Waals surface area contributed by atoms with Crippen molar-refractivity contribution in [2.24, 2.45) is 0 Å². The summed E-state index contributed by atoms with van der Waals surface area (Å²) >= 11 is 0. The fourth-order valence-corrected chi connectivity index (χ4v) is 1.38. The zero-order valence-electron chi connectivity index (χ0n) is 11.7. The second-order valence-corrected chi connectivity index (χ2v) is 4.12. The Kier molecular flexibility index (Phi) is 6.87. The van der Waals surface area contributed by atoms with Gasteiger partial charge in [0.15, 0.2) is 0 Å². The Bertz CT molecular complexity index is 512. The Hall–Kier alpha value is -2.32. The number of carbonyl (C=O) groups is 2. The van der Waals surface area contributed by atoms with Crippen molar-refractivity contribution in [3.63, 3.8) is 0 Å². The number of rotatable bonds is 5. The van der Waals surface area contributed by atoms with Crippen molar-refractivity contribution in [1.82, 2.24) is 10.6 Å². The number of nitrogens with one attached hydrogen (secondary N) is 2. The van der Waals surface area contributed by atoms with Gasteiger partial charge in [-0.05, 0) is 17.7 Å². The topological polar surface area (TPSA) is 67.4 Å². The van der Waals surface area contributed by atoms with Crippen LogP contribution < -0.4 is 10.6 Å². The van der Waals surface area contributed by atoms with Crippen LogP contribution in [-0.2, 0) is 20.9 Å². The molecule has 0 saturated heterocycles. The number of hydrogen-bond acceptors (Lipinski definition) is 3. The van der Waals surface area contributed by atoms with Crippen molar-refractivity contribution in [2.75, 3.05) is 20.3 Å². The van der Waals surface area contributed by atoms with Crippen LogP contribution in [0, 0.1) is 11.8 Å². The molecule has 0 aliphatic carbocycles. The third kappa shape index (κ3) is 6.57. The van der Waals surface area contributed by atoms with Crippen LogP contribution in [0.15, 0.2) is 24.3 Å². The molecule has 0 atom stereocenters. The Morgan fingerprint density at radius 2 is 1.90 bits per heavy atom. The van der Waals surface area contributed by atoms with Crippen LogP contribution in [0.4, 0.5) is 0 Å². The van der Waals surface area contributed by atoms with Crippen molar-refractivity contribution in [1.29, 1.82) is 0 Å². The minimum absolute atomic E-state index is 0.00406. The van der Waals surface area contributed by atoms with Crippen LogP contribution in [0.5, 0.6) is 0 Å². The number of carbonyl (C=O) groups excluding carboxylic acids is 2. The van der Waals surface area contributed by atoms with E-state index in [1.807, 2.05) is 24.3 Å². The molecule has 0 aliphatic heterocycles. The summed E-state index contributed by atoms with van der Waals surface area (Å²) in [5.74, 6) is 5.39. The highest BCUT2D eigenvalue weighted by molar-refractivity contribution is 5.83. The summed E-state index contributed by atoms with van der Waals surface area (Å²) in [6.45, 7) is 2.19. The normalized spacial score (nSPS) is 9.30. The molecular weight excluding hydrogens is 256 g/mol. The number of ether oxygens (including phenoxy) is 1. The fraction of sp³-hybridized carbons (Fsp3) is 0.333. The first kappa shape index (κ1) is 15.7. The molecular formula is C15H18N2O3. The number of benzene rings is 1. The smallest absolute Gasteiger partial charge is 0.239 e. The Balaban J connectivity index is 2.40. The molecule has 0 bridgehead atoms. The molecule has 0 fully saturated rings. The van der Waals surface area contributed by atoms with E-state index in [1.54, 1.807) is 7.11 Å². The Morgan fingerprint density at radius 1 is 1.20 bits per heavy atom. The van der Waals surface area contributed by atoms with E-state index < -0.39 is 0 Å². The van der Waals surface area contributed by atoms with Gasteiger partial charge in [0, 0.05) is 26.1 Å². The molecule has 0 aromatic heterocycles. The van der Waals surface area contributed by atoms with E-state index in [1.165, 1.54) is 6.92 Å². The fourth-order valence-electron chi connectivity index (χ4n) is 1.38. The molecule has 20 heavy (non-hydrogen) atoms. The first-order valence-corrected chi connectivity index (χ1v) is 6.19. The standard InChI is InChI=1S/C15H18N2O3/c1-12(18)16-11-15(19)17-10-14-7-5-13(6-8-14)4-3-9-20-2/h5-8H,9-11H2,1-2H3,(H,16,18)(H,17,19). The van der Waals surface area contributed by atoms with Crippen LogP contribution in [-0.4, -0.2) is 32.1 Å². The minimum atomic E-state index is -0.223. The van der Waals surface area contributed by atoms with Gasteiger partial charge in [-0.15, -0.1) is 0 Å². The van der Waals surface area contributed by atoms with E-state index in [9.17, 15) is 9.59 Å². The second-order valence-electron chi connectivity index (χ2n) is 4.12. The summed E-state index contributed by atoms with van der Waals surface area (Å²) in [6.07, 6.45) is 0. The number of amides is 2. The summed E-state index contributed by atoms with van der Waals surface area (Å²) in [7, 11) is 1.60. The van der Waals surface area contributed by atoms with E-state index in [2.05, 4.69) is 22.5 Å². The molecule has 1 aromatic rings. The van der Waals surface area contributed by atoms with Crippen LogP contribution in [0.25, 0.3) is 0 Å². The highest BCUT2D eigenvalue weighted by atomic mass is 16.5. The van der Waals surface area contributed by atoms with Gasteiger partial charge in [0.1, 0.15) is 6.61 Å². The summed E-state index contributed by atoms with van der Waals surface area (Å²) in [6, 6.07) is 7.57. The molecule has 0 aliphatic rings. The average Bonchev–Trinajstić information content (AvgIpc) is 2.44. The van der Waals surface area contributed by atoms with Gasteiger partial charge in [-0.2, -0.15) is 0 Å². The summed E-state index contributed by atoms with van der Waals surface area (Å²) in [4.78, 5) is 22.1. The van der Waals surface area contributed by atoms with Crippen LogP contribution >= 0.6 is 0 Å². The largest absolute Gasteiger partial charge is 0.372 e. The van der Waals surface area contributed by atoms with E-state index in [-0.39, 0.29) is 18.4 Å². The van der Waals surface area contributed by atoms with Gasteiger partial charge >= 0.3 is 0 Å². The average molecular weight is 274 g/mol. The van der Waals surface area contributed by atoms with E-state index >= 15 is 0 Å². The molecule has 0 unspecified atom stereocenters. The maximum atomic E-state index is 11.4. The molecule has 5 heteroatoms. The Labute approximate surface area is 118 Å². The van der Waals surface area contributed by atoms with Gasteiger partial charge in [0.05, 0.1) is 6.54 Å². The second kappa shape index (κ2) is 8.73. The first-order valence-electron chi connectivity index (χ1n) is 6.19. The molecule has 2 amide bonds. The summed E-state index contributed by atoms with van der Waals surface area (Å²) < 4.78 is 4.84. The lowest BCUT2D eigenvalue weighted by molar-refractivity contribution is -0.125. The molecule has 0 saturated carbocycles. The van der Waals surface area contributed by atoms with Gasteiger partial charge < -0.3 is 15.4 Å². The van der Waals surface area contributed by atoms with Crippen molar-refractivity contribution >= 4 is 11.8 Å². The molecule has 1 aromatic carbocycles.